The van der Waals surface area contributed by atoms with Crippen molar-refractivity contribution in [2.24, 2.45) is 5.92 Å². The second-order valence-corrected chi connectivity index (χ2v) is 7.46. The number of carbonyl (C=O) groups excluding carboxylic acids is 1. The molecule has 0 saturated heterocycles. The van der Waals surface area contributed by atoms with Crippen LogP contribution in [0.2, 0.25) is 0 Å². The third-order valence-electron chi connectivity index (χ3n) is 3.75. The van der Waals surface area contributed by atoms with Crippen molar-refractivity contribution < 1.29 is 17.9 Å². The quantitative estimate of drug-likeness (QED) is 0.664. The molecule has 7 nitrogen and oxygen atoms in total. The van der Waals surface area contributed by atoms with E-state index in [2.05, 4.69) is 15.4 Å². The summed E-state index contributed by atoms with van der Waals surface area (Å²) in [6.07, 6.45) is 1.72. The number of ether oxygens (including phenoxy) is 1. The van der Waals surface area contributed by atoms with Crippen molar-refractivity contribution in [2.75, 3.05) is 31.3 Å². The van der Waals surface area contributed by atoms with Gasteiger partial charge < -0.3 is 15.4 Å². The highest BCUT2D eigenvalue weighted by Crippen LogP contribution is 2.29. The van der Waals surface area contributed by atoms with Crippen molar-refractivity contribution in [3.63, 3.8) is 0 Å². The minimum Gasteiger partial charge on any atom is -0.386 e. The average Bonchev–Trinajstić information content (AvgIpc) is 3.36. The standard InChI is InChI=1S/C15H23N3O4S/c1-10(22-9-11-4-5-11)15(19)18-14-8-12(23(20,21)17-3)6-7-13(14)16-2/h6-8,10-11,16-17H,4-5,9H2,1-3H3,(H,18,19)/t10-/m1/s1. The van der Waals surface area contributed by atoms with Gasteiger partial charge in [-0.1, -0.05) is 0 Å². The largest absolute Gasteiger partial charge is 0.386 e. The summed E-state index contributed by atoms with van der Waals surface area (Å²) in [5.74, 6) is 0.267. The normalized spacial score (nSPS) is 16.0. The van der Waals surface area contributed by atoms with E-state index in [1.165, 1.54) is 19.2 Å². The van der Waals surface area contributed by atoms with Gasteiger partial charge in [-0.15, -0.1) is 0 Å². The highest BCUT2D eigenvalue weighted by Gasteiger charge is 2.24. The van der Waals surface area contributed by atoms with Crippen LogP contribution in [0.1, 0.15) is 19.8 Å². The number of nitrogens with one attached hydrogen (secondary N) is 3. The van der Waals surface area contributed by atoms with Gasteiger partial charge >= 0.3 is 0 Å². The van der Waals surface area contributed by atoms with E-state index in [1.54, 1.807) is 20.0 Å². The summed E-state index contributed by atoms with van der Waals surface area (Å²) in [5.41, 5.74) is 1.03. The second-order valence-electron chi connectivity index (χ2n) is 5.57. The minimum atomic E-state index is -3.58. The van der Waals surface area contributed by atoms with Gasteiger partial charge in [0.05, 0.1) is 22.9 Å². The maximum absolute atomic E-state index is 12.2. The molecule has 1 fully saturated rings. The first-order chi connectivity index (χ1) is 10.9. The van der Waals surface area contributed by atoms with Crippen molar-refractivity contribution in [3.05, 3.63) is 18.2 Å². The average molecular weight is 341 g/mol. The zero-order valence-electron chi connectivity index (χ0n) is 13.5. The van der Waals surface area contributed by atoms with Crippen LogP contribution in [0.5, 0.6) is 0 Å². The smallest absolute Gasteiger partial charge is 0.253 e. The molecule has 0 heterocycles. The van der Waals surface area contributed by atoms with Gasteiger partial charge in [-0.3, -0.25) is 4.79 Å². The molecule has 1 amide bonds. The van der Waals surface area contributed by atoms with E-state index < -0.39 is 16.1 Å². The van der Waals surface area contributed by atoms with Gasteiger partial charge in [-0.25, -0.2) is 13.1 Å². The summed E-state index contributed by atoms with van der Waals surface area (Å²) in [4.78, 5) is 12.3. The molecule has 0 unspecified atom stereocenters. The molecule has 0 aliphatic heterocycles. The summed E-state index contributed by atoms with van der Waals surface area (Å²) in [5, 5.41) is 5.65. The van der Waals surface area contributed by atoms with Crippen LogP contribution in [-0.4, -0.2) is 41.1 Å². The van der Waals surface area contributed by atoms with E-state index in [-0.39, 0.29) is 10.8 Å². The molecule has 1 aromatic carbocycles. The Hall–Kier alpha value is -1.64. The number of rotatable bonds is 8. The van der Waals surface area contributed by atoms with E-state index in [4.69, 9.17) is 4.74 Å². The maximum atomic E-state index is 12.2. The van der Waals surface area contributed by atoms with Crippen molar-refractivity contribution in [2.45, 2.75) is 30.8 Å². The van der Waals surface area contributed by atoms with Gasteiger partial charge in [-0.2, -0.15) is 0 Å². The molecule has 8 heteroatoms. The Labute approximate surface area is 136 Å². The molecule has 0 aromatic heterocycles. The first kappa shape index (κ1) is 17.7. The highest BCUT2D eigenvalue weighted by atomic mass is 32.2. The van der Waals surface area contributed by atoms with Gasteiger partial charge in [0.1, 0.15) is 6.10 Å². The van der Waals surface area contributed by atoms with E-state index >= 15 is 0 Å². The third kappa shape index (κ3) is 4.66. The molecule has 1 atom stereocenters. The van der Waals surface area contributed by atoms with Crippen LogP contribution in [0.3, 0.4) is 0 Å². The molecular formula is C15H23N3O4S. The Balaban J connectivity index is 2.12. The second kappa shape index (κ2) is 7.29. The zero-order valence-corrected chi connectivity index (χ0v) is 14.4. The van der Waals surface area contributed by atoms with Crippen molar-refractivity contribution >= 4 is 27.3 Å². The van der Waals surface area contributed by atoms with Gasteiger partial charge in [-0.05, 0) is 50.9 Å². The highest BCUT2D eigenvalue weighted by molar-refractivity contribution is 7.89. The van der Waals surface area contributed by atoms with E-state index in [1.807, 2.05) is 0 Å². The minimum absolute atomic E-state index is 0.0841. The van der Waals surface area contributed by atoms with Gasteiger partial charge in [0.15, 0.2) is 0 Å². The van der Waals surface area contributed by atoms with E-state index in [0.717, 1.165) is 12.8 Å². The molecule has 0 spiro atoms. The topological polar surface area (TPSA) is 96.5 Å². The van der Waals surface area contributed by atoms with E-state index in [9.17, 15) is 13.2 Å². The number of carbonyl (C=O) groups is 1. The lowest BCUT2D eigenvalue weighted by molar-refractivity contribution is -0.126. The number of sulfonamides is 1. The zero-order chi connectivity index (χ0) is 17.0. The monoisotopic (exact) mass is 341 g/mol. The predicted octanol–water partition coefficient (Wildman–Crippen LogP) is 1.39. The fourth-order valence-corrected chi connectivity index (χ4v) is 2.76. The first-order valence-corrected chi connectivity index (χ1v) is 9.03. The molecule has 2 rings (SSSR count). The number of hydrogen-bond acceptors (Lipinski definition) is 5. The lowest BCUT2D eigenvalue weighted by Gasteiger charge is -2.16. The lowest BCUT2D eigenvalue weighted by atomic mass is 10.2. The number of anilines is 2. The van der Waals surface area contributed by atoms with Crippen LogP contribution in [-0.2, 0) is 19.6 Å². The molecule has 1 aliphatic rings. The number of amides is 1. The molecule has 0 radical (unpaired) electrons. The van der Waals surface area contributed by atoms with Crippen molar-refractivity contribution in [1.29, 1.82) is 0 Å². The molecule has 128 valence electrons. The molecule has 23 heavy (non-hydrogen) atoms. The van der Waals surface area contributed by atoms with Crippen LogP contribution < -0.4 is 15.4 Å². The fourth-order valence-electron chi connectivity index (χ4n) is 2.00. The van der Waals surface area contributed by atoms with Crippen LogP contribution in [0, 0.1) is 5.92 Å². The first-order valence-electron chi connectivity index (χ1n) is 7.55. The summed E-state index contributed by atoms with van der Waals surface area (Å²) in [6, 6.07) is 4.50. The van der Waals surface area contributed by atoms with Crippen molar-refractivity contribution in [3.8, 4) is 0 Å². The molecule has 3 N–H and O–H groups in total. The molecule has 1 saturated carbocycles. The molecule has 1 aliphatic carbocycles. The van der Waals surface area contributed by atoms with Crippen molar-refractivity contribution in [1.82, 2.24) is 4.72 Å². The van der Waals surface area contributed by atoms with Crippen LogP contribution in [0.4, 0.5) is 11.4 Å². The predicted molar refractivity (Wildman–Crippen MR) is 89.0 cm³/mol. The summed E-state index contributed by atoms with van der Waals surface area (Å²) >= 11 is 0. The molecule has 1 aromatic rings. The fraction of sp³-hybridized carbons (Fsp3) is 0.533. The van der Waals surface area contributed by atoms with Crippen LogP contribution >= 0.6 is 0 Å². The Morgan fingerprint density at radius 2 is 2.00 bits per heavy atom. The Bertz CT molecular complexity index is 671. The number of hydrogen-bond donors (Lipinski definition) is 3. The maximum Gasteiger partial charge on any atom is 0.253 e. The van der Waals surface area contributed by atoms with Gasteiger partial charge in [0, 0.05) is 7.05 Å². The Morgan fingerprint density at radius 3 is 2.57 bits per heavy atom. The molecule has 0 bridgehead atoms. The Morgan fingerprint density at radius 1 is 1.30 bits per heavy atom. The van der Waals surface area contributed by atoms with E-state index in [0.29, 0.717) is 23.9 Å². The summed E-state index contributed by atoms with van der Waals surface area (Å²) in [7, 11) is -0.536. The van der Waals surface area contributed by atoms with Crippen LogP contribution in [0.15, 0.2) is 23.1 Å². The Kier molecular flexibility index (Phi) is 5.61. The molecular weight excluding hydrogens is 318 g/mol. The number of benzene rings is 1. The third-order valence-corrected chi connectivity index (χ3v) is 5.16. The summed E-state index contributed by atoms with van der Waals surface area (Å²) in [6.45, 7) is 2.27. The SMILES string of the molecule is CNc1ccc(S(=O)(=O)NC)cc1NC(=O)[C@@H](C)OCC1CC1. The lowest BCUT2D eigenvalue weighted by Crippen LogP contribution is -2.29. The summed E-state index contributed by atoms with van der Waals surface area (Å²) < 4.78 is 31.6. The van der Waals surface area contributed by atoms with Gasteiger partial charge in [0.2, 0.25) is 10.0 Å². The van der Waals surface area contributed by atoms with Gasteiger partial charge in [0.25, 0.3) is 5.91 Å². The van der Waals surface area contributed by atoms with Crippen LogP contribution in [0.25, 0.3) is 0 Å².